The number of hydrogen-bond donors (Lipinski definition) is 1. The smallest absolute Gasteiger partial charge is 0.137 e. The van der Waals surface area contributed by atoms with Crippen LogP contribution in [0.3, 0.4) is 0 Å². The lowest BCUT2D eigenvalue weighted by molar-refractivity contribution is -0.118. The monoisotopic (exact) mass is 219 g/mol. The summed E-state index contributed by atoms with van der Waals surface area (Å²) in [7, 11) is 0. The van der Waals surface area contributed by atoms with Crippen LogP contribution < -0.4 is 5.73 Å². The van der Waals surface area contributed by atoms with Crippen molar-refractivity contribution in [2.24, 2.45) is 5.73 Å². The van der Waals surface area contributed by atoms with Crippen molar-refractivity contribution >= 4 is 5.78 Å². The van der Waals surface area contributed by atoms with Gasteiger partial charge in [0.1, 0.15) is 5.78 Å². The fourth-order valence-corrected chi connectivity index (χ4v) is 1.64. The van der Waals surface area contributed by atoms with Gasteiger partial charge < -0.3 is 5.73 Å². The minimum atomic E-state index is 0.201. The first-order chi connectivity index (χ1) is 7.58. The molecule has 1 rings (SSSR count). The first kappa shape index (κ1) is 12.9. The third-order valence-corrected chi connectivity index (χ3v) is 2.64. The Morgan fingerprint density at radius 1 is 1.31 bits per heavy atom. The van der Waals surface area contributed by atoms with E-state index in [9.17, 15) is 4.79 Å². The van der Waals surface area contributed by atoms with Gasteiger partial charge in [-0.15, -0.1) is 0 Å². The highest BCUT2D eigenvalue weighted by Crippen LogP contribution is 2.07. The second-order valence-corrected chi connectivity index (χ2v) is 4.57. The van der Waals surface area contributed by atoms with Gasteiger partial charge in [0.05, 0.1) is 0 Å². The molecule has 2 N–H and O–H groups in total. The zero-order valence-corrected chi connectivity index (χ0v) is 10.2. The van der Waals surface area contributed by atoms with Crippen LogP contribution in [-0.2, 0) is 11.2 Å². The molecule has 0 saturated heterocycles. The number of ketones is 1. The minimum Gasteiger partial charge on any atom is -0.328 e. The molecule has 2 nitrogen and oxygen atoms in total. The average Bonchev–Trinajstić information content (AvgIpc) is 2.21. The molecule has 1 aromatic rings. The van der Waals surface area contributed by atoms with Crippen LogP contribution in [0.15, 0.2) is 24.3 Å². The molecule has 0 fully saturated rings. The van der Waals surface area contributed by atoms with E-state index in [1.807, 2.05) is 38.1 Å². The molecule has 1 aromatic carbocycles. The Balaban J connectivity index is 2.31. The summed E-state index contributed by atoms with van der Waals surface area (Å²) in [5.41, 5.74) is 7.97. The van der Waals surface area contributed by atoms with E-state index >= 15 is 0 Å². The zero-order valence-electron chi connectivity index (χ0n) is 10.2. The molecule has 0 aromatic heterocycles. The molecule has 0 aliphatic carbocycles. The van der Waals surface area contributed by atoms with E-state index in [1.165, 1.54) is 5.56 Å². The molecule has 0 saturated carbocycles. The van der Waals surface area contributed by atoms with Gasteiger partial charge in [-0.2, -0.15) is 0 Å². The Kier molecular flexibility index (Phi) is 5.20. The predicted molar refractivity (Wildman–Crippen MR) is 67.4 cm³/mol. The second-order valence-electron chi connectivity index (χ2n) is 4.57. The zero-order chi connectivity index (χ0) is 12.0. The number of rotatable bonds is 6. The van der Waals surface area contributed by atoms with Crippen molar-refractivity contribution in [2.75, 3.05) is 0 Å². The molecule has 0 heterocycles. The summed E-state index contributed by atoms with van der Waals surface area (Å²) in [5, 5.41) is 0. The highest BCUT2D eigenvalue weighted by Gasteiger charge is 2.04. The predicted octanol–water partition coefficient (Wildman–Crippen LogP) is 2.62. The quantitative estimate of drug-likeness (QED) is 0.799. The van der Waals surface area contributed by atoms with Crippen molar-refractivity contribution in [3.05, 3.63) is 35.4 Å². The number of Topliss-reactive ketones (excluding diaryl/α,β-unsaturated/α-hetero) is 1. The normalized spacial score (nSPS) is 12.4. The number of aryl methyl sites for hydroxylation is 1. The van der Waals surface area contributed by atoms with Crippen molar-refractivity contribution in [1.29, 1.82) is 0 Å². The number of benzene rings is 1. The Hall–Kier alpha value is -1.15. The highest BCUT2D eigenvalue weighted by atomic mass is 16.1. The van der Waals surface area contributed by atoms with Crippen molar-refractivity contribution in [3.8, 4) is 0 Å². The summed E-state index contributed by atoms with van der Waals surface area (Å²) >= 11 is 0. The molecular weight excluding hydrogens is 198 g/mol. The van der Waals surface area contributed by atoms with Gasteiger partial charge in [-0.25, -0.2) is 0 Å². The maximum atomic E-state index is 11.6. The molecule has 1 atom stereocenters. The largest absolute Gasteiger partial charge is 0.328 e. The molecule has 0 aliphatic heterocycles. The summed E-state index contributed by atoms with van der Waals surface area (Å²) in [6.07, 6.45) is 3.04. The van der Waals surface area contributed by atoms with Crippen molar-refractivity contribution in [3.63, 3.8) is 0 Å². The fraction of sp³-hybridized carbons (Fsp3) is 0.500. The lowest BCUT2D eigenvalue weighted by Gasteiger charge is -2.04. The Morgan fingerprint density at radius 2 is 1.94 bits per heavy atom. The number of carbonyl (C=O) groups excluding carboxylic acids is 1. The van der Waals surface area contributed by atoms with Gasteiger partial charge in [-0.3, -0.25) is 4.79 Å². The topological polar surface area (TPSA) is 43.1 Å². The van der Waals surface area contributed by atoms with Gasteiger partial charge in [-0.05, 0) is 32.3 Å². The van der Waals surface area contributed by atoms with E-state index in [0.717, 1.165) is 18.4 Å². The summed E-state index contributed by atoms with van der Waals surface area (Å²) in [5.74, 6) is 0.310. The lowest BCUT2D eigenvalue weighted by Crippen LogP contribution is -2.15. The first-order valence-electron chi connectivity index (χ1n) is 5.91. The summed E-state index contributed by atoms with van der Waals surface area (Å²) in [6.45, 7) is 4.03. The molecule has 0 spiro atoms. The van der Waals surface area contributed by atoms with Gasteiger partial charge in [-0.1, -0.05) is 29.8 Å². The maximum Gasteiger partial charge on any atom is 0.137 e. The average molecular weight is 219 g/mol. The summed E-state index contributed by atoms with van der Waals surface area (Å²) in [4.78, 5) is 11.6. The summed E-state index contributed by atoms with van der Waals surface area (Å²) < 4.78 is 0. The SMILES string of the molecule is Cc1ccc(CC(=O)CCCC(C)N)cc1. The van der Waals surface area contributed by atoms with E-state index in [2.05, 4.69) is 0 Å². The van der Waals surface area contributed by atoms with Crippen LogP contribution >= 0.6 is 0 Å². The van der Waals surface area contributed by atoms with Crippen LogP contribution in [0.2, 0.25) is 0 Å². The van der Waals surface area contributed by atoms with E-state index in [4.69, 9.17) is 5.73 Å². The number of carbonyl (C=O) groups is 1. The van der Waals surface area contributed by atoms with E-state index in [1.54, 1.807) is 0 Å². The lowest BCUT2D eigenvalue weighted by atomic mass is 10.0. The number of hydrogen-bond acceptors (Lipinski definition) is 2. The Morgan fingerprint density at radius 3 is 2.50 bits per heavy atom. The van der Waals surface area contributed by atoms with Gasteiger partial charge in [0.2, 0.25) is 0 Å². The van der Waals surface area contributed by atoms with Crippen LogP contribution in [0, 0.1) is 6.92 Å². The van der Waals surface area contributed by atoms with Crippen LogP contribution in [0.4, 0.5) is 0 Å². The minimum absolute atomic E-state index is 0.201. The van der Waals surface area contributed by atoms with E-state index in [-0.39, 0.29) is 6.04 Å². The van der Waals surface area contributed by atoms with Crippen molar-refractivity contribution in [2.45, 2.75) is 45.6 Å². The molecule has 0 bridgehead atoms. The maximum absolute atomic E-state index is 11.6. The van der Waals surface area contributed by atoms with Gasteiger partial charge >= 0.3 is 0 Å². The fourth-order valence-electron chi connectivity index (χ4n) is 1.64. The van der Waals surface area contributed by atoms with Crippen LogP contribution in [-0.4, -0.2) is 11.8 Å². The molecule has 0 aliphatic rings. The highest BCUT2D eigenvalue weighted by molar-refractivity contribution is 5.80. The Bertz CT molecular complexity index is 327. The molecule has 1 unspecified atom stereocenters. The van der Waals surface area contributed by atoms with Crippen molar-refractivity contribution < 1.29 is 4.79 Å². The van der Waals surface area contributed by atoms with Gasteiger partial charge in [0.25, 0.3) is 0 Å². The third-order valence-electron chi connectivity index (χ3n) is 2.64. The van der Waals surface area contributed by atoms with Gasteiger partial charge in [0.15, 0.2) is 0 Å². The molecule has 16 heavy (non-hydrogen) atoms. The molecular formula is C14H21NO. The Labute approximate surface area is 97.9 Å². The molecule has 2 heteroatoms. The van der Waals surface area contributed by atoms with Crippen LogP contribution in [0.25, 0.3) is 0 Å². The molecule has 88 valence electrons. The van der Waals surface area contributed by atoms with E-state index in [0.29, 0.717) is 18.6 Å². The van der Waals surface area contributed by atoms with Crippen molar-refractivity contribution in [1.82, 2.24) is 0 Å². The van der Waals surface area contributed by atoms with Crippen LogP contribution in [0.1, 0.15) is 37.3 Å². The first-order valence-corrected chi connectivity index (χ1v) is 5.91. The standard InChI is InChI=1S/C14H21NO/c1-11-6-8-13(9-7-11)10-14(16)5-3-4-12(2)15/h6-9,12H,3-5,10,15H2,1-2H3. The third kappa shape index (κ3) is 5.08. The number of nitrogens with two attached hydrogens (primary N) is 1. The second kappa shape index (κ2) is 6.44. The molecule has 0 amide bonds. The van der Waals surface area contributed by atoms with Gasteiger partial charge in [0, 0.05) is 18.9 Å². The molecule has 0 radical (unpaired) electrons. The van der Waals surface area contributed by atoms with Crippen LogP contribution in [0.5, 0.6) is 0 Å². The van der Waals surface area contributed by atoms with E-state index < -0.39 is 0 Å². The summed E-state index contributed by atoms with van der Waals surface area (Å²) in [6, 6.07) is 8.35.